The maximum absolute atomic E-state index is 11.2. The lowest BCUT2D eigenvalue weighted by molar-refractivity contribution is 0.0697. The van der Waals surface area contributed by atoms with E-state index in [2.05, 4.69) is 36.1 Å². The van der Waals surface area contributed by atoms with Crippen LogP contribution in [0, 0.1) is 6.92 Å². The normalized spacial score (nSPS) is 16.8. The van der Waals surface area contributed by atoms with Crippen molar-refractivity contribution in [1.29, 1.82) is 0 Å². The number of aromatic carboxylic acids is 1. The van der Waals surface area contributed by atoms with Gasteiger partial charge in [0.25, 0.3) is 0 Å². The summed E-state index contributed by atoms with van der Waals surface area (Å²) in [6.07, 6.45) is 3.94. The predicted octanol–water partition coefficient (Wildman–Crippen LogP) is 4.91. The van der Waals surface area contributed by atoms with Crippen LogP contribution >= 0.6 is 0 Å². The molecule has 1 heterocycles. The number of nitrogens with zero attached hydrogens (tertiary/aromatic N) is 1. The second-order valence-corrected chi connectivity index (χ2v) is 6.73. The molecule has 0 saturated carbocycles. The Morgan fingerprint density at radius 2 is 1.71 bits per heavy atom. The molecular weight excluding hydrogens is 298 g/mol. The summed E-state index contributed by atoms with van der Waals surface area (Å²) in [4.78, 5) is 13.8. The SMILES string of the molecule is Cc1ccc(C(=O)O)cc1-c1ccc(C(C)N2CCCCC2)cc1. The maximum atomic E-state index is 11.2. The molecule has 1 aliphatic heterocycles. The van der Waals surface area contributed by atoms with E-state index in [1.165, 1.54) is 37.9 Å². The smallest absolute Gasteiger partial charge is 0.335 e. The minimum Gasteiger partial charge on any atom is -0.478 e. The zero-order valence-corrected chi connectivity index (χ0v) is 14.5. The van der Waals surface area contributed by atoms with E-state index >= 15 is 0 Å². The van der Waals surface area contributed by atoms with E-state index in [1.54, 1.807) is 12.1 Å². The summed E-state index contributed by atoms with van der Waals surface area (Å²) in [7, 11) is 0. The average Bonchev–Trinajstić information content (AvgIpc) is 2.62. The van der Waals surface area contributed by atoms with Gasteiger partial charge in [-0.25, -0.2) is 4.79 Å². The number of hydrogen-bond acceptors (Lipinski definition) is 2. The maximum Gasteiger partial charge on any atom is 0.335 e. The number of carbonyl (C=O) groups is 1. The van der Waals surface area contributed by atoms with Crippen molar-refractivity contribution in [3.05, 3.63) is 59.2 Å². The molecule has 2 aromatic rings. The van der Waals surface area contributed by atoms with Gasteiger partial charge < -0.3 is 5.11 Å². The summed E-state index contributed by atoms with van der Waals surface area (Å²) in [5.41, 5.74) is 4.82. The number of carboxylic acids is 1. The summed E-state index contributed by atoms with van der Waals surface area (Å²) in [5.74, 6) is -0.883. The standard InChI is InChI=1S/C21H25NO2/c1-15-6-7-19(21(23)24)14-20(15)18-10-8-17(9-11-18)16(2)22-12-4-3-5-13-22/h6-11,14,16H,3-5,12-13H2,1-2H3,(H,23,24). The molecule has 0 spiro atoms. The molecule has 1 aliphatic rings. The van der Waals surface area contributed by atoms with Gasteiger partial charge in [-0.2, -0.15) is 0 Å². The van der Waals surface area contributed by atoms with Crippen LogP contribution in [0.1, 0.15) is 53.7 Å². The molecule has 3 rings (SSSR count). The first-order chi connectivity index (χ1) is 11.6. The van der Waals surface area contributed by atoms with Gasteiger partial charge in [0.15, 0.2) is 0 Å². The minimum absolute atomic E-state index is 0.335. The van der Waals surface area contributed by atoms with Crippen molar-refractivity contribution in [2.24, 2.45) is 0 Å². The van der Waals surface area contributed by atoms with Gasteiger partial charge in [0.05, 0.1) is 5.56 Å². The van der Waals surface area contributed by atoms with E-state index in [9.17, 15) is 9.90 Å². The Balaban J connectivity index is 1.84. The number of piperidine rings is 1. The van der Waals surface area contributed by atoms with Crippen molar-refractivity contribution >= 4 is 5.97 Å². The minimum atomic E-state index is -0.883. The molecule has 0 radical (unpaired) electrons. The third-order valence-corrected chi connectivity index (χ3v) is 5.13. The Hall–Kier alpha value is -2.13. The highest BCUT2D eigenvalue weighted by molar-refractivity contribution is 5.90. The molecule has 1 N–H and O–H groups in total. The first-order valence-electron chi connectivity index (χ1n) is 8.74. The Morgan fingerprint density at radius 3 is 2.33 bits per heavy atom. The quantitative estimate of drug-likeness (QED) is 0.869. The van der Waals surface area contributed by atoms with Crippen LogP contribution in [0.3, 0.4) is 0 Å². The Labute approximate surface area is 143 Å². The second-order valence-electron chi connectivity index (χ2n) is 6.73. The second kappa shape index (κ2) is 7.18. The van der Waals surface area contributed by atoms with Crippen molar-refractivity contribution in [2.45, 2.75) is 39.2 Å². The highest BCUT2D eigenvalue weighted by atomic mass is 16.4. The molecule has 3 heteroatoms. The molecule has 2 aromatic carbocycles. The number of hydrogen-bond donors (Lipinski definition) is 1. The Bertz CT molecular complexity index is 715. The topological polar surface area (TPSA) is 40.5 Å². The molecule has 0 amide bonds. The lowest BCUT2D eigenvalue weighted by atomic mass is 9.95. The van der Waals surface area contributed by atoms with Crippen molar-refractivity contribution < 1.29 is 9.90 Å². The van der Waals surface area contributed by atoms with Crippen LogP contribution in [-0.4, -0.2) is 29.1 Å². The van der Waals surface area contributed by atoms with E-state index in [-0.39, 0.29) is 0 Å². The van der Waals surface area contributed by atoms with E-state index in [0.717, 1.165) is 16.7 Å². The molecule has 1 fully saturated rings. The molecule has 0 bridgehead atoms. The van der Waals surface area contributed by atoms with E-state index in [0.29, 0.717) is 11.6 Å². The lowest BCUT2D eigenvalue weighted by Gasteiger charge is -2.32. The molecule has 1 atom stereocenters. The average molecular weight is 323 g/mol. The summed E-state index contributed by atoms with van der Waals surface area (Å²) in [5, 5.41) is 9.20. The number of carboxylic acid groups (broad SMARTS) is 1. The zero-order chi connectivity index (χ0) is 17.1. The van der Waals surface area contributed by atoms with Crippen LogP contribution in [0.5, 0.6) is 0 Å². The zero-order valence-electron chi connectivity index (χ0n) is 14.5. The fourth-order valence-corrected chi connectivity index (χ4v) is 3.52. The molecule has 126 valence electrons. The molecule has 3 nitrogen and oxygen atoms in total. The van der Waals surface area contributed by atoms with Crippen molar-refractivity contribution in [2.75, 3.05) is 13.1 Å². The van der Waals surface area contributed by atoms with E-state index in [4.69, 9.17) is 0 Å². The summed E-state index contributed by atoms with van der Waals surface area (Å²) in [6, 6.07) is 14.3. The molecule has 24 heavy (non-hydrogen) atoms. The molecule has 1 unspecified atom stereocenters. The lowest BCUT2D eigenvalue weighted by Crippen LogP contribution is -2.32. The number of benzene rings is 2. The van der Waals surface area contributed by atoms with Gasteiger partial charge in [0, 0.05) is 6.04 Å². The first kappa shape index (κ1) is 16.7. The van der Waals surface area contributed by atoms with Crippen LogP contribution in [0.25, 0.3) is 11.1 Å². The Morgan fingerprint density at radius 1 is 1.04 bits per heavy atom. The Kier molecular flexibility index (Phi) is 5.00. The van der Waals surface area contributed by atoms with E-state index < -0.39 is 5.97 Å². The fourth-order valence-electron chi connectivity index (χ4n) is 3.52. The third kappa shape index (κ3) is 3.51. The van der Waals surface area contributed by atoms with Gasteiger partial charge in [-0.05, 0) is 74.2 Å². The first-order valence-corrected chi connectivity index (χ1v) is 8.74. The van der Waals surface area contributed by atoms with Gasteiger partial charge in [-0.1, -0.05) is 36.8 Å². The van der Waals surface area contributed by atoms with Crippen molar-refractivity contribution in [3.63, 3.8) is 0 Å². The van der Waals surface area contributed by atoms with E-state index in [1.807, 2.05) is 13.0 Å². The largest absolute Gasteiger partial charge is 0.478 e. The summed E-state index contributed by atoms with van der Waals surface area (Å²) >= 11 is 0. The van der Waals surface area contributed by atoms with Crippen LogP contribution in [0.2, 0.25) is 0 Å². The summed E-state index contributed by atoms with van der Waals surface area (Å²) in [6.45, 7) is 6.66. The van der Waals surface area contributed by atoms with Crippen LogP contribution < -0.4 is 0 Å². The van der Waals surface area contributed by atoms with Gasteiger partial charge >= 0.3 is 5.97 Å². The fraction of sp³-hybridized carbons (Fsp3) is 0.381. The monoisotopic (exact) mass is 323 g/mol. The van der Waals surface area contributed by atoms with Gasteiger partial charge in [-0.3, -0.25) is 4.90 Å². The summed E-state index contributed by atoms with van der Waals surface area (Å²) < 4.78 is 0. The molecule has 0 aromatic heterocycles. The van der Waals surface area contributed by atoms with Gasteiger partial charge in [0.1, 0.15) is 0 Å². The molecule has 1 saturated heterocycles. The van der Waals surface area contributed by atoms with Crippen molar-refractivity contribution in [1.82, 2.24) is 4.90 Å². The third-order valence-electron chi connectivity index (χ3n) is 5.13. The number of rotatable bonds is 4. The predicted molar refractivity (Wildman–Crippen MR) is 97.4 cm³/mol. The van der Waals surface area contributed by atoms with Crippen molar-refractivity contribution in [3.8, 4) is 11.1 Å². The molecule has 0 aliphatic carbocycles. The highest BCUT2D eigenvalue weighted by Gasteiger charge is 2.18. The number of likely N-dealkylation sites (tertiary alicyclic amines) is 1. The van der Waals surface area contributed by atoms with Crippen LogP contribution in [0.15, 0.2) is 42.5 Å². The molecular formula is C21H25NO2. The van der Waals surface area contributed by atoms with Crippen LogP contribution in [0.4, 0.5) is 0 Å². The van der Waals surface area contributed by atoms with Gasteiger partial charge in [-0.15, -0.1) is 0 Å². The number of aryl methyl sites for hydroxylation is 1. The van der Waals surface area contributed by atoms with Gasteiger partial charge in [0.2, 0.25) is 0 Å². The van der Waals surface area contributed by atoms with Crippen LogP contribution in [-0.2, 0) is 0 Å². The highest BCUT2D eigenvalue weighted by Crippen LogP contribution is 2.29.